The number of benzene rings is 2. The van der Waals surface area contributed by atoms with Gasteiger partial charge < -0.3 is 0 Å². The van der Waals surface area contributed by atoms with Crippen LogP contribution < -0.4 is 4.90 Å². The summed E-state index contributed by atoms with van der Waals surface area (Å²) in [5, 5.41) is 0.630. The predicted octanol–water partition coefficient (Wildman–Crippen LogP) is 4.98. The second-order valence-corrected chi connectivity index (χ2v) is 11.5. The Bertz CT molecular complexity index is 1370. The maximum absolute atomic E-state index is 13.4. The Balaban J connectivity index is 1.66. The maximum Gasteiger partial charge on any atom is 0.233 e. The number of rotatable bonds is 8. The lowest BCUT2D eigenvalue weighted by Crippen LogP contribution is -2.31. The van der Waals surface area contributed by atoms with Crippen molar-refractivity contribution in [2.45, 2.75) is 29.7 Å². The van der Waals surface area contributed by atoms with Crippen LogP contribution in [0.25, 0.3) is 10.2 Å². The van der Waals surface area contributed by atoms with E-state index in [9.17, 15) is 13.2 Å². The van der Waals surface area contributed by atoms with E-state index in [1.807, 2.05) is 36.6 Å². The van der Waals surface area contributed by atoms with Gasteiger partial charge in [-0.1, -0.05) is 42.5 Å². The number of thioether (sulfide) groups is 1. The Morgan fingerprint density at radius 1 is 1.06 bits per heavy atom. The van der Waals surface area contributed by atoms with E-state index in [0.29, 0.717) is 11.7 Å². The lowest BCUT2D eigenvalue weighted by atomic mass is 10.1. The summed E-state index contributed by atoms with van der Waals surface area (Å²) in [5.41, 5.74) is 2.54. The molecule has 2 aromatic heterocycles. The minimum atomic E-state index is -3.28. The van der Waals surface area contributed by atoms with Crippen LogP contribution in [0, 0.1) is 0 Å². The van der Waals surface area contributed by atoms with Gasteiger partial charge in [-0.15, -0.1) is 11.8 Å². The molecule has 9 heteroatoms. The molecule has 0 atom stereocenters. The van der Waals surface area contributed by atoms with E-state index >= 15 is 0 Å². The number of sulfone groups is 1. The number of fused-ring (bicyclic) bond motifs is 1. The smallest absolute Gasteiger partial charge is 0.233 e. The molecule has 0 aliphatic carbocycles. The average molecular weight is 498 g/mol. The number of hydrogen-bond acceptors (Lipinski definition) is 7. The molecular formula is C24H23N3O3S3. The van der Waals surface area contributed by atoms with E-state index in [-0.39, 0.29) is 23.0 Å². The molecule has 4 aromatic rings. The van der Waals surface area contributed by atoms with E-state index in [2.05, 4.69) is 4.98 Å². The van der Waals surface area contributed by atoms with Gasteiger partial charge in [-0.05, 0) is 47.7 Å². The minimum Gasteiger partial charge on any atom is -0.283 e. The average Bonchev–Trinajstić information content (AvgIpc) is 3.27. The van der Waals surface area contributed by atoms with Gasteiger partial charge >= 0.3 is 0 Å². The van der Waals surface area contributed by atoms with Crippen LogP contribution >= 0.6 is 23.1 Å². The van der Waals surface area contributed by atoms with E-state index < -0.39 is 9.84 Å². The summed E-state index contributed by atoms with van der Waals surface area (Å²) in [5.74, 6) is -0.0745. The second kappa shape index (κ2) is 10.0. The molecule has 33 heavy (non-hydrogen) atoms. The molecule has 4 rings (SSSR count). The Labute approximate surface area is 201 Å². The van der Waals surface area contributed by atoms with Gasteiger partial charge in [0.2, 0.25) is 5.91 Å². The zero-order chi connectivity index (χ0) is 23.4. The normalized spacial score (nSPS) is 11.6. The molecule has 2 aromatic carbocycles. The number of thiazole rings is 1. The van der Waals surface area contributed by atoms with Crippen molar-refractivity contribution in [1.29, 1.82) is 0 Å². The second-order valence-electron chi connectivity index (χ2n) is 7.37. The topological polar surface area (TPSA) is 80.2 Å². The number of amides is 1. The van der Waals surface area contributed by atoms with Crippen molar-refractivity contribution in [3.05, 3.63) is 78.1 Å². The monoisotopic (exact) mass is 497 g/mol. The van der Waals surface area contributed by atoms with Crippen LogP contribution in [0.3, 0.4) is 0 Å². The number of aromatic nitrogens is 2. The zero-order valence-electron chi connectivity index (χ0n) is 18.3. The molecule has 0 radical (unpaired) electrons. The van der Waals surface area contributed by atoms with Gasteiger partial charge in [0.15, 0.2) is 15.0 Å². The number of carbonyl (C=O) groups is 1. The van der Waals surface area contributed by atoms with Crippen molar-refractivity contribution in [2.75, 3.05) is 16.9 Å². The predicted molar refractivity (Wildman–Crippen MR) is 135 cm³/mol. The number of hydrogen-bond donors (Lipinski definition) is 0. The zero-order valence-corrected chi connectivity index (χ0v) is 20.7. The minimum absolute atomic E-state index is 0.0415. The number of pyridine rings is 1. The molecule has 0 bridgehead atoms. The number of para-hydroxylation sites is 1. The molecule has 0 fully saturated rings. The van der Waals surface area contributed by atoms with Crippen molar-refractivity contribution in [2.24, 2.45) is 0 Å². The lowest BCUT2D eigenvalue weighted by molar-refractivity contribution is -0.118. The van der Waals surface area contributed by atoms with Crippen molar-refractivity contribution in [1.82, 2.24) is 9.97 Å². The van der Waals surface area contributed by atoms with Crippen LogP contribution in [0.5, 0.6) is 0 Å². The van der Waals surface area contributed by atoms with Crippen LogP contribution in [0.4, 0.5) is 5.13 Å². The van der Waals surface area contributed by atoms with E-state index in [1.165, 1.54) is 11.3 Å². The van der Waals surface area contributed by atoms with Crippen LogP contribution in [0.15, 0.2) is 76.8 Å². The fourth-order valence-corrected chi connectivity index (χ4v) is 5.90. The van der Waals surface area contributed by atoms with E-state index in [4.69, 9.17) is 4.98 Å². The van der Waals surface area contributed by atoms with Crippen molar-refractivity contribution >= 4 is 54.2 Å². The Morgan fingerprint density at radius 2 is 1.85 bits per heavy atom. The standard InChI is InChI=1S/C24H23N3O3S3/c1-3-33(29,30)19-11-9-17(10-12-19)14-22(28)27(16-18-6-5-13-25-15-18)24-26-23-20(31-2)7-4-8-21(23)32-24/h4-13,15H,3,14,16H2,1-2H3. The Morgan fingerprint density at radius 3 is 2.52 bits per heavy atom. The molecule has 0 aliphatic heterocycles. The van der Waals surface area contributed by atoms with Gasteiger partial charge in [-0.3, -0.25) is 14.7 Å². The highest BCUT2D eigenvalue weighted by Crippen LogP contribution is 2.35. The molecule has 2 heterocycles. The third kappa shape index (κ3) is 5.26. The first-order chi connectivity index (χ1) is 15.9. The molecule has 170 valence electrons. The van der Waals surface area contributed by atoms with Gasteiger partial charge in [0.1, 0.15) is 0 Å². The van der Waals surface area contributed by atoms with Crippen LogP contribution in [0.2, 0.25) is 0 Å². The highest BCUT2D eigenvalue weighted by Gasteiger charge is 2.22. The third-order valence-corrected chi connectivity index (χ3v) is 8.77. The highest BCUT2D eigenvalue weighted by atomic mass is 32.2. The summed E-state index contributed by atoms with van der Waals surface area (Å²) >= 11 is 3.11. The molecule has 0 spiro atoms. The van der Waals surface area contributed by atoms with E-state index in [1.54, 1.807) is 60.2 Å². The Hall–Kier alpha value is -2.75. The molecule has 0 saturated heterocycles. The number of anilines is 1. The molecule has 0 saturated carbocycles. The van der Waals surface area contributed by atoms with Gasteiger partial charge in [-0.25, -0.2) is 13.4 Å². The van der Waals surface area contributed by atoms with Gasteiger partial charge in [0.25, 0.3) is 0 Å². The fourth-order valence-electron chi connectivity index (χ4n) is 3.38. The molecule has 0 N–H and O–H groups in total. The van der Waals surface area contributed by atoms with Crippen molar-refractivity contribution in [3.63, 3.8) is 0 Å². The van der Waals surface area contributed by atoms with Gasteiger partial charge in [0.05, 0.1) is 33.8 Å². The molecule has 0 aliphatic rings. The SMILES string of the molecule is CCS(=O)(=O)c1ccc(CC(=O)N(Cc2cccnc2)c2nc3c(SC)cccc3s2)cc1. The first-order valence-electron chi connectivity index (χ1n) is 10.4. The maximum atomic E-state index is 13.4. The first-order valence-corrected chi connectivity index (χ1v) is 14.0. The molecule has 6 nitrogen and oxygen atoms in total. The lowest BCUT2D eigenvalue weighted by Gasteiger charge is -2.20. The summed E-state index contributed by atoms with van der Waals surface area (Å²) < 4.78 is 25.2. The Kier molecular flexibility index (Phi) is 7.11. The largest absolute Gasteiger partial charge is 0.283 e. The summed E-state index contributed by atoms with van der Waals surface area (Å²) in [4.78, 5) is 25.4. The summed E-state index contributed by atoms with van der Waals surface area (Å²) in [7, 11) is -3.28. The quantitative estimate of drug-likeness (QED) is 0.319. The first kappa shape index (κ1) is 23.4. The summed E-state index contributed by atoms with van der Waals surface area (Å²) in [6.07, 6.45) is 5.59. The summed E-state index contributed by atoms with van der Waals surface area (Å²) in [6, 6.07) is 16.3. The van der Waals surface area contributed by atoms with E-state index in [0.717, 1.165) is 26.2 Å². The fraction of sp³-hybridized carbons (Fsp3) is 0.208. The van der Waals surface area contributed by atoms with Crippen LogP contribution in [-0.2, 0) is 27.6 Å². The number of carbonyl (C=O) groups excluding carboxylic acids is 1. The summed E-state index contributed by atoms with van der Waals surface area (Å²) in [6.45, 7) is 1.97. The molecule has 0 unspecified atom stereocenters. The van der Waals surface area contributed by atoms with Crippen molar-refractivity contribution in [3.8, 4) is 0 Å². The van der Waals surface area contributed by atoms with Crippen molar-refractivity contribution < 1.29 is 13.2 Å². The molecular weight excluding hydrogens is 474 g/mol. The number of nitrogens with zero attached hydrogens (tertiary/aromatic N) is 3. The van der Waals surface area contributed by atoms with Gasteiger partial charge in [0, 0.05) is 17.3 Å². The third-order valence-electron chi connectivity index (χ3n) is 5.20. The van der Waals surface area contributed by atoms with Gasteiger partial charge in [-0.2, -0.15) is 0 Å². The van der Waals surface area contributed by atoms with Crippen LogP contribution in [0.1, 0.15) is 18.1 Å². The highest BCUT2D eigenvalue weighted by molar-refractivity contribution is 7.98. The van der Waals surface area contributed by atoms with Crippen LogP contribution in [-0.4, -0.2) is 36.3 Å². The molecule has 1 amide bonds.